The molecule has 0 fully saturated rings. The van der Waals surface area contributed by atoms with Crippen LogP contribution in [0.3, 0.4) is 0 Å². The molecular formula is C12H22O4. The van der Waals surface area contributed by atoms with Gasteiger partial charge in [-0.1, -0.05) is 26.7 Å². The van der Waals surface area contributed by atoms with Crippen molar-refractivity contribution >= 4 is 11.9 Å². The molecule has 0 radical (unpaired) electrons. The van der Waals surface area contributed by atoms with Crippen LogP contribution >= 0.6 is 0 Å². The van der Waals surface area contributed by atoms with Crippen LogP contribution in [-0.2, 0) is 9.59 Å². The van der Waals surface area contributed by atoms with Crippen LogP contribution in [-0.4, -0.2) is 22.2 Å². The predicted octanol–water partition coefficient (Wildman–Crippen LogP) is 2.62. The molecule has 0 aliphatic heterocycles. The largest absolute Gasteiger partial charge is 0.481 e. The quantitative estimate of drug-likeness (QED) is 0.735. The van der Waals surface area contributed by atoms with E-state index in [1.807, 2.05) is 13.8 Å². The molecule has 2 N–H and O–H groups in total. The molecule has 1 unspecified atom stereocenters. The maximum Gasteiger partial charge on any atom is 0.310 e. The second-order valence-corrected chi connectivity index (χ2v) is 4.95. The number of carbonyl (C=O) groups is 2. The topological polar surface area (TPSA) is 74.6 Å². The van der Waals surface area contributed by atoms with Crippen LogP contribution in [0.1, 0.15) is 47.5 Å². The van der Waals surface area contributed by atoms with Crippen LogP contribution in [0, 0.1) is 16.7 Å². The van der Waals surface area contributed by atoms with Gasteiger partial charge >= 0.3 is 11.9 Å². The molecule has 4 heteroatoms. The molecule has 0 aromatic heterocycles. The van der Waals surface area contributed by atoms with Crippen molar-refractivity contribution in [2.24, 2.45) is 16.7 Å². The average Bonchev–Trinajstić information content (AvgIpc) is 2.18. The third-order valence-electron chi connectivity index (χ3n) is 4.08. The van der Waals surface area contributed by atoms with Gasteiger partial charge in [0.15, 0.2) is 0 Å². The lowest BCUT2D eigenvalue weighted by molar-refractivity contribution is -0.175. The van der Waals surface area contributed by atoms with Gasteiger partial charge in [0.05, 0.1) is 10.8 Å². The summed E-state index contributed by atoms with van der Waals surface area (Å²) in [4.78, 5) is 22.7. The summed E-state index contributed by atoms with van der Waals surface area (Å²) < 4.78 is 0. The molecule has 0 aromatic rings. The van der Waals surface area contributed by atoms with Gasteiger partial charge in [-0.15, -0.1) is 0 Å². The maximum absolute atomic E-state index is 11.5. The predicted molar refractivity (Wildman–Crippen MR) is 61.2 cm³/mol. The van der Waals surface area contributed by atoms with Crippen molar-refractivity contribution in [2.75, 3.05) is 0 Å². The molecule has 1 atom stereocenters. The zero-order valence-corrected chi connectivity index (χ0v) is 10.7. The number of aliphatic carboxylic acids is 2. The molecule has 4 nitrogen and oxygen atoms in total. The summed E-state index contributed by atoms with van der Waals surface area (Å²) in [5.41, 5.74) is -2.53. The fourth-order valence-electron chi connectivity index (χ4n) is 2.28. The minimum Gasteiger partial charge on any atom is -0.481 e. The summed E-state index contributed by atoms with van der Waals surface area (Å²) >= 11 is 0. The minimum absolute atomic E-state index is 0.143. The molecule has 0 amide bonds. The molecule has 0 aromatic carbocycles. The molecule has 0 saturated heterocycles. The van der Waals surface area contributed by atoms with E-state index < -0.39 is 22.8 Å². The fraction of sp³-hybridized carbons (Fsp3) is 0.833. The van der Waals surface area contributed by atoms with E-state index in [1.165, 1.54) is 13.8 Å². The van der Waals surface area contributed by atoms with Crippen molar-refractivity contribution in [1.82, 2.24) is 0 Å². The SMILES string of the molecule is CCC(CC)C(C)(C(=O)O)C(C)(C)C(=O)O. The van der Waals surface area contributed by atoms with E-state index in [-0.39, 0.29) is 5.92 Å². The van der Waals surface area contributed by atoms with Gasteiger partial charge < -0.3 is 10.2 Å². The van der Waals surface area contributed by atoms with E-state index in [0.717, 1.165) is 0 Å². The number of hydrogen-bond acceptors (Lipinski definition) is 2. The summed E-state index contributed by atoms with van der Waals surface area (Å²) in [6.07, 6.45) is 1.33. The van der Waals surface area contributed by atoms with Gasteiger partial charge in [-0.2, -0.15) is 0 Å². The first-order valence-electron chi connectivity index (χ1n) is 5.62. The van der Waals surface area contributed by atoms with Crippen molar-refractivity contribution in [3.05, 3.63) is 0 Å². The van der Waals surface area contributed by atoms with E-state index in [4.69, 9.17) is 0 Å². The Morgan fingerprint density at radius 1 is 1.00 bits per heavy atom. The van der Waals surface area contributed by atoms with Crippen molar-refractivity contribution < 1.29 is 19.8 Å². The highest BCUT2D eigenvalue weighted by atomic mass is 16.4. The van der Waals surface area contributed by atoms with Crippen molar-refractivity contribution in [3.8, 4) is 0 Å². The van der Waals surface area contributed by atoms with Gasteiger partial charge in [0.1, 0.15) is 0 Å². The van der Waals surface area contributed by atoms with Crippen LogP contribution in [0.5, 0.6) is 0 Å². The van der Waals surface area contributed by atoms with Crippen LogP contribution in [0.4, 0.5) is 0 Å². The molecule has 0 bridgehead atoms. The van der Waals surface area contributed by atoms with Gasteiger partial charge in [0.2, 0.25) is 0 Å². The molecule has 0 saturated carbocycles. The lowest BCUT2D eigenvalue weighted by Gasteiger charge is -2.42. The van der Waals surface area contributed by atoms with Crippen LogP contribution in [0.15, 0.2) is 0 Å². The molecule has 0 spiro atoms. The third-order valence-corrected chi connectivity index (χ3v) is 4.08. The van der Waals surface area contributed by atoms with Gasteiger partial charge in [-0.25, -0.2) is 0 Å². The van der Waals surface area contributed by atoms with E-state index in [1.54, 1.807) is 6.92 Å². The summed E-state index contributed by atoms with van der Waals surface area (Å²) in [5, 5.41) is 18.6. The van der Waals surface area contributed by atoms with Crippen LogP contribution in [0.25, 0.3) is 0 Å². The minimum atomic E-state index is -1.28. The van der Waals surface area contributed by atoms with Crippen molar-refractivity contribution in [2.45, 2.75) is 47.5 Å². The standard InChI is InChI=1S/C12H22O4/c1-6-8(7-2)12(5,10(15)16)11(3,4)9(13)14/h8H,6-7H2,1-5H3,(H,13,14)(H,15,16). The Bertz CT molecular complexity index is 279. The number of rotatable bonds is 6. The highest BCUT2D eigenvalue weighted by Gasteiger charge is 2.55. The normalized spacial score (nSPS) is 15.9. The van der Waals surface area contributed by atoms with E-state index in [9.17, 15) is 19.8 Å². The van der Waals surface area contributed by atoms with Gasteiger partial charge in [-0.3, -0.25) is 9.59 Å². The van der Waals surface area contributed by atoms with Crippen molar-refractivity contribution in [1.29, 1.82) is 0 Å². The Morgan fingerprint density at radius 3 is 1.56 bits per heavy atom. The molecular weight excluding hydrogens is 208 g/mol. The smallest absolute Gasteiger partial charge is 0.310 e. The Balaban J connectivity index is 5.60. The summed E-state index contributed by atoms with van der Waals surface area (Å²) in [6, 6.07) is 0. The fourth-order valence-corrected chi connectivity index (χ4v) is 2.28. The van der Waals surface area contributed by atoms with Gasteiger partial charge in [-0.05, 0) is 26.7 Å². The zero-order valence-electron chi connectivity index (χ0n) is 10.7. The van der Waals surface area contributed by atoms with E-state index in [2.05, 4.69) is 0 Å². The Morgan fingerprint density at radius 2 is 1.38 bits per heavy atom. The number of carboxylic acid groups (broad SMARTS) is 2. The summed E-state index contributed by atoms with van der Waals surface area (Å²) in [5.74, 6) is -2.24. The van der Waals surface area contributed by atoms with Gasteiger partial charge in [0, 0.05) is 0 Å². The molecule has 0 aliphatic carbocycles. The summed E-state index contributed by atoms with van der Waals surface area (Å²) in [6.45, 7) is 8.31. The first-order chi connectivity index (χ1) is 7.16. The second-order valence-electron chi connectivity index (χ2n) is 4.95. The molecule has 0 rings (SSSR count). The van der Waals surface area contributed by atoms with Crippen LogP contribution < -0.4 is 0 Å². The van der Waals surface area contributed by atoms with E-state index in [0.29, 0.717) is 12.8 Å². The van der Waals surface area contributed by atoms with Gasteiger partial charge in [0.25, 0.3) is 0 Å². The third kappa shape index (κ3) is 2.06. The average molecular weight is 230 g/mol. The molecule has 0 aliphatic rings. The summed E-state index contributed by atoms with van der Waals surface area (Å²) in [7, 11) is 0. The number of hydrogen-bond donors (Lipinski definition) is 2. The van der Waals surface area contributed by atoms with Crippen molar-refractivity contribution in [3.63, 3.8) is 0 Å². The highest BCUT2D eigenvalue weighted by Crippen LogP contribution is 2.47. The monoisotopic (exact) mass is 230 g/mol. The Labute approximate surface area is 96.7 Å². The maximum atomic E-state index is 11.5. The molecule has 16 heavy (non-hydrogen) atoms. The Hall–Kier alpha value is -1.06. The lowest BCUT2D eigenvalue weighted by Crippen LogP contribution is -2.51. The highest BCUT2D eigenvalue weighted by molar-refractivity contribution is 5.86. The zero-order chi connectivity index (χ0) is 13.1. The molecule has 0 heterocycles. The Kier molecular flexibility index (Phi) is 4.53. The lowest BCUT2D eigenvalue weighted by atomic mass is 9.58. The number of carboxylic acids is 2. The molecule has 94 valence electrons. The first-order valence-corrected chi connectivity index (χ1v) is 5.62. The van der Waals surface area contributed by atoms with Crippen LogP contribution in [0.2, 0.25) is 0 Å². The second kappa shape index (κ2) is 4.85. The first kappa shape index (κ1) is 14.9. The van der Waals surface area contributed by atoms with E-state index >= 15 is 0 Å².